The molecule has 0 saturated heterocycles. The first-order valence-electron chi connectivity index (χ1n) is 16.0. The highest BCUT2D eigenvalue weighted by molar-refractivity contribution is 6.43. The predicted octanol–water partition coefficient (Wildman–Crippen LogP) is -1.04. The van der Waals surface area contributed by atoms with Gasteiger partial charge >= 0.3 is 7.12 Å². The van der Waals surface area contributed by atoms with Crippen LogP contribution in [0, 0.1) is 0 Å². The summed E-state index contributed by atoms with van der Waals surface area (Å²) in [5.41, 5.74) is 13.2. The molecule has 15 nitrogen and oxygen atoms in total. The molecule has 17 heteroatoms. The lowest BCUT2D eigenvalue weighted by Crippen LogP contribution is -2.60. The summed E-state index contributed by atoms with van der Waals surface area (Å²) in [5.74, 6) is -4.67. The van der Waals surface area contributed by atoms with Gasteiger partial charge in [0.25, 0.3) is 5.91 Å². The maximum atomic E-state index is 13.2. The lowest BCUT2D eigenvalue weighted by Gasteiger charge is -2.26. The third kappa shape index (κ3) is 13.4. The lowest BCUT2D eigenvalue weighted by atomic mass is 9.81. The van der Waals surface area contributed by atoms with Crippen LogP contribution in [0.2, 0.25) is 5.02 Å². The molecule has 0 aliphatic heterocycles. The van der Waals surface area contributed by atoms with Gasteiger partial charge in [-0.1, -0.05) is 35.9 Å². The van der Waals surface area contributed by atoms with Crippen molar-refractivity contribution in [3.63, 3.8) is 0 Å². The first-order valence-corrected chi connectivity index (χ1v) is 16.4. The molecule has 12 N–H and O–H groups in total. The summed E-state index contributed by atoms with van der Waals surface area (Å²) in [4.78, 5) is 65.1. The van der Waals surface area contributed by atoms with Gasteiger partial charge in [-0.3, -0.25) is 24.0 Å². The van der Waals surface area contributed by atoms with Gasteiger partial charge in [0.1, 0.15) is 24.2 Å². The molecule has 0 fully saturated rings. The maximum Gasteiger partial charge on any atom is 0.475 e. The zero-order valence-corrected chi connectivity index (χ0v) is 28.6. The highest BCUT2D eigenvalue weighted by atomic mass is 35.5. The van der Waals surface area contributed by atoms with Crippen LogP contribution < -0.4 is 38.1 Å². The van der Waals surface area contributed by atoms with E-state index in [-0.39, 0.29) is 24.9 Å². The van der Waals surface area contributed by atoms with Gasteiger partial charge in [0.15, 0.2) is 0 Å². The van der Waals surface area contributed by atoms with Gasteiger partial charge in [-0.05, 0) is 94.9 Å². The van der Waals surface area contributed by atoms with Gasteiger partial charge in [0.05, 0.1) is 12.0 Å². The van der Waals surface area contributed by atoms with Crippen molar-refractivity contribution in [2.75, 3.05) is 13.1 Å². The van der Waals surface area contributed by atoms with Crippen LogP contribution in [0.15, 0.2) is 48.5 Å². The van der Waals surface area contributed by atoms with Crippen LogP contribution in [0.25, 0.3) is 11.1 Å². The number of carbonyl (C=O) groups excluding carboxylic acids is 5. The fourth-order valence-corrected chi connectivity index (χ4v) is 4.75. The molecular weight excluding hydrogens is 657 g/mol. The average Bonchev–Trinajstić information content (AvgIpc) is 3.06. The number of benzene rings is 2. The molecule has 0 spiro atoms. The molecule has 5 amide bonds. The molecule has 49 heavy (non-hydrogen) atoms. The van der Waals surface area contributed by atoms with Gasteiger partial charge in [-0.25, -0.2) is 0 Å². The first kappa shape index (κ1) is 41.1. The van der Waals surface area contributed by atoms with Crippen LogP contribution in [-0.2, 0) is 19.2 Å². The molecule has 0 aromatic heterocycles. The zero-order chi connectivity index (χ0) is 36.7. The predicted molar refractivity (Wildman–Crippen MR) is 186 cm³/mol. The fourth-order valence-electron chi connectivity index (χ4n) is 4.62. The minimum atomic E-state index is -1.82. The summed E-state index contributed by atoms with van der Waals surface area (Å²) in [7, 11) is -1.82. The minimum Gasteiger partial charge on any atom is -0.426 e. The van der Waals surface area contributed by atoms with Crippen LogP contribution in [0.1, 0.15) is 56.8 Å². The van der Waals surface area contributed by atoms with Gasteiger partial charge < -0.3 is 53.2 Å². The van der Waals surface area contributed by atoms with Crippen molar-refractivity contribution in [1.82, 2.24) is 26.6 Å². The monoisotopic (exact) mass is 703 g/mol. The number of aliphatic hydroxyl groups is 1. The summed E-state index contributed by atoms with van der Waals surface area (Å²) in [6.07, 6.45) is -0.141. The van der Waals surface area contributed by atoms with E-state index in [1.54, 1.807) is 36.4 Å². The van der Waals surface area contributed by atoms with Crippen molar-refractivity contribution < 1.29 is 39.1 Å². The highest BCUT2D eigenvalue weighted by Crippen LogP contribution is 2.22. The van der Waals surface area contributed by atoms with Crippen LogP contribution in [-0.4, -0.2) is 101 Å². The van der Waals surface area contributed by atoms with Crippen molar-refractivity contribution in [1.29, 1.82) is 0 Å². The Kier molecular flexibility index (Phi) is 17.2. The standard InChI is InChI=1S/C32H47BClN7O8/c1-18(28(43)39-25(6-4-5-16-35)30(45)38-20(3)33(48)49)37-32(47)27(19(2)42)41-31(46)26(15-17-36)40-29(44)23-9-7-21(8-10-23)22-11-13-24(34)14-12-22/h7-14,18-20,25-27,42,48-49H,4-6,15-17,35-36H2,1-3H3,(H,37,47)(H,38,45)(H,39,43)(H,40,44)(H,41,46)/t18-,19+,20-,25-,26-,27-/m0/s1. The van der Waals surface area contributed by atoms with Crippen LogP contribution >= 0.6 is 11.6 Å². The van der Waals surface area contributed by atoms with E-state index in [1.165, 1.54) is 20.8 Å². The maximum absolute atomic E-state index is 13.2. The van der Waals surface area contributed by atoms with Gasteiger partial charge in [0, 0.05) is 10.6 Å². The molecule has 0 radical (unpaired) electrons. The number of halogens is 1. The van der Waals surface area contributed by atoms with E-state index in [2.05, 4.69) is 26.6 Å². The third-order valence-corrected chi connectivity index (χ3v) is 7.87. The Morgan fingerprint density at radius 2 is 1.24 bits per heavy atom. The van der Waals surface area contributed by atoms with E-state index in [0.717, 1.165) is 11.1 Å². The third-order valence-electron chi connectivity index (χ3n) is 7.61. The summed E-state index contributed by atoms with van der Waals surface area (Å²) in [6.45, 7) is 4.37. The molecule has 0 aliphatic rings. The van der Waals surface area contributed by atoms with Crippen LogP contribution in [0.5, 0.6) is 0 Å². The molecule has 0 unspecified atom stereocenters. The van der Waals surface area contributed by atoms with Crippen molar-refractivity contribution in [2.45, 2.75) is 82.7 Å². The summed E-state index contributed by atoms with van der Waals surface area (Å²) in [5, 5.41) is 42.0. The van der Waals surface area contributed by atoms with Gasteiger partial charge in [-0.15, -0.1) is 0 Å². The number of carbonyl (C=O) groups is 5. The van der Waals surface area contributed by atoms with Gasteiger partial charge in [0.2, 0.25) is 23.6 Å². The molecule has 2 rings (SSSR count). The fraction of sp³-hybridized carbons (Fsp3) is 0.469. The van der Waals surface area contributed by atoms with E-state index < -0.39 is 72.9 Å². The summed E-state index contributed by atoms with van der Waals surface area (Å²) < 4.78 is 0. The number of rotatable bonds is 19. The number of amides is 5. The Hall–Kier alpha value is -4.06. The molecule has 0 saturated carbocycles. The second kappa shape index (κ2) is 20.5. The molecular formula is C32H47BClN7O8. The van der Waals surface area contributed by atoms with Crippen LogP contribution in [0.3, 0.4) is 0 Å². The number of unbranched alkanes of at least 4 members (excludes halogenated alkanes) is 1. The minimum absolute atomic E-state index is 0.0205. The summed E-state index contributed by atoms with van der Waals surface area (Å²) >= 11 is 5.96. The normalized spacial score (nSPS) is 14.6. The average molecular weight is 704 g/mol. The zero-order valence-electron chi connectivity index (χ0n) is 27.8. The lowest BCUT2D eigenvalue weighted by molar-refractivity contribution is -0.135. The van der Waals surface area contributed by atoms with Crippen molar-refractivity contribution in [3.8, 4) is 11.1 Å². The van der Waals surface area contributed by atoms with Crippen molar-refractivity contribution >= 4 is 48.3 Å². The number of hydrogen-bond donors (Lipinski definition) is 10. The Bertz CT molecular complexity index is 1400. The molecule has 2 aromatic rings. The number of nitrogens with two attached hydrogens (primary N) is 2. The van der Waals surface area contributed by atoms with E-state index in [4.69, 9.17) is 23.1 Å². The van der Waals surface area contributed by atoms with E-state index >= 15 is 0 Å². The molecule has 0 aliphatic carbocycles. The van der Waals surface area contributed by atoms with Crippen LogP contribution in [0.4, 0.5) is 0 Å². The number of nitrogens with one attached hydrogen (secondary N) is 5. The quantitative estimate of drug-likeness (QED) is 0.0628. The molecule has 0 bridgehead atoms. The molecule has 6 atom stereocenters. The molecule has 0 heterocycles. The second-order valence-corrected chi connectivity index (χ2v) is 12.1. The second-order valence-electron chi connectivity index (χ2n) is 11.7. The van der Waals surface area contributed by atoms with Gasteiger partial charge in [-0.2, -0.15) is 0 Å². The van der Waals surface area contributed by atoms with E-state index in [0.29, 0.717) is 24.4 Å². The first-order chi connectivity index (χ1) is 23.2. The smallest absolute Gasteiger partial charge is 0.426 e. The Morgan fingerprint density at radius 1 is 0.694 bits per heavy atom. The Labute approximate surface area is 291 Å². The van der Waals surface area contributed by atoms with Crippen molar-refractivity contribution in [2.24, 2.45) is 11.5 Å². The summed E-state index contributed by atoms with van der Waals surface area (Å²) in [6, 6.07) is 8.91. The topological polar surface area (TPSA) is 258 Å². The van der Waals surface area contributed by atoms with Crippen molar-refractivity contribution in [3.05, 3.63) is 59.1 Å². The SMILES string of the molecule is C[C@H](NC(=O)[C@H](CCCCN)NC(=O)[C@H](C)NC(=O)[C@@H](NC(=O)[C@H](CCN)NC(=O)c1ccc(-c2ccc(Cl)cc2)cc1)[C@@H](C)O)B(O)O. The number of aliphatic hydroxyl groups excluding tert-OH is 1. The Balaban J connectivity index is 2.06. The van der Waals surface area contributed by atoms with E-state index in [1.807, 2.05) is 12.1 Å². The largest absolute Gasteiger partial charge is 0.475 e. The molecule has 2 aromatic carbocycles. The number of hydrogen-bond acceptors (Lipinski definition) is 10. The van der Waals surface area contributed by atoms with E-state index in [9.17, 15) is 39.1 Å². The highest BCUT2D eigenvalue weighted by Gasteiger charge is 2.32. The molecule has 268 valence electrons. The Morgan fingerprint density at radius 3 is 1.78 bits per heavy atom.